The van der Waals surface area contributed by atoms with E-state index in [-0.39, 0.29) is 0 Å². The lowest BCUT2D eigenvalue weighted by molar-refractivity contribution is 0.525. The van der Waals surface area contributed by atoms with Crippen LogP contribution in [0.1, 0.15) is 31.7 Å². The van der Waals surface area contributed by atoms with Crippen LogP contribution in [0.4, 0.5) is 0 Å². The first-order chi connectivity index (χ1) is 7.06. The Kier molecular flexibility index (Phi) is 4.80. The summed E-state index contributed by atoms with van der Waals surface area (Å²) in [7, 11) is 2.00. The summed E-state index contributed by atoms with van der Waals surface area (Å²) in [5, 5.41) is 7.87. The van der Waals surface area contributed by atoms with E-state index in [0.717, 1.165) is 23.1 Å². The van der Waals surface area contributed by atoms with Gasteiger partial charge in [-0.3, -0.25) is 4.68 Å². The molecule has 0 saturated heterocycles. The normalized spacial score (nSPS) is 13.1. The second-order valence-electron chi connectivity index (χ2n) is 4.03. The minimum atomic E-state index is 0.496. The lowest BCUT2D eigenvalue weighted by Crippen LogP contribution is -2.29. The summed E-state index contributed by atoms with van der Waals surface area (Å²) in [6.45, 7) is 7.50. The second-order valence-corrected chi connectivity index (χ2v) is 4.82. The highest BCUT2D eigenvalue weighted by atomic mass is 79.9. The smallest absolute Gasteiger partial charge is 0.0738 e. The Hall–Kier alpha value is -0.350. The lowest BCUT2D eigenvalue weighted by Gasteiger charge is -2.13. The third-order valence-electron chi connectivity index (χ3n) is 2.50. The van der Waals surface area contributed by atoms with Gasteiger partial charge in [0.05, 0.1) is 15.9 Å². The molecule has 0 aromatic carbocycles. The first-order valence-corrected chi connectivity index (χ1v) is 6.26. The van der Waals surface area contributed by atoms with Crippen LogP contribution in [0.3, 0.4) is 0 Å². The van der Waals surface area contributed by atoms with Crippen molar-refractivity contribution in [2.75, 3.05) is 6.54 Å². The third kappa shape index (κ3) is 3.31. The molecule has 15 heavy (non-hydrogen) atoms. The highest BCUT2D eigenvalue weighted by molar-refractivity contribution is 9.10. The quantitative estimate of drug-likeness (QED) is 0.893. The van der Waals surface area contributed by atoms with Gasteiger partial charge in [0, 0.05) is 19.5 Å². The van der Waals surface area contributed by atoms with Crippen LogP contribution in [0, 0.1) is 6.92 Å². The van der Waals surface area contributed by atoms with Gasteiger partial charge in [-0.2, -0.15) is 5.10 Å². The SMILES string of the molecule is CCCNC(C)Cc1c(Br)c(C)nn1C. The van der Waals surface area contributed by atoms with Crippen molar-refractivity contribution in [2.24, 2.45) is 7.05 Å². The highest BCUT2D eigenvalue weighted by Gasteiger charge is 2.13. The van der Waals surface area contributed by atoms with E-state index in [1.807, 2.05) is 18.7 Å². The first-order valence-electron chi connectivity index (χ1n) is 5.47. The molecule has 0 fully saturated rings. The molecule has 0 bridgehead atoms. The number of halogens is 1. The van der Waals surface area contributed by atoms with Gasteiger partial charge in [0.25, 0.3) is 0 Å². The number of aromatic nitrogens is 2. The van der Waals surface area contributed by atoms with Crippen molar-refractivity contribution in [3.05, 3.63) is 15.9 Å². The summed E-state index contributed by atoms with van der Waals surface area (Å²) in [6.07, 6.45) is 2.19. The number of hydrogen-bond acceptors (Lipinski definition) is 2. The van der Waals surface area contributed by atoms with E-state index < -0.39 is 0 Å². The average Bonchev–Trinajstić information content (AvgIpc) is 2.42. The Balaban J connectivity index is 2.63. The molecule has 0 radical (unpaired) electrons. The zero-order valence-electron chi connectivity index (χ0n) is 9.97. The van der Waals surface area contributed by atoms with Crippen molar-refractivity contribution >= 4 is 15.9 Å². The van der Waals surface area contributed by atoms with Crippen LogP contribution in [-0.4, -0.2) is 22.4 Å². The molecular formula is C11H20BrN3. The van der Waals surface area contributed by atoms with Gasteiger partial charge in [-0.25, -0.2) is 0 Å². The van der Waals surface area contributed by atoms with Crippen LogP contribution in [0.15, 0.2) is 4.47 Å². The first kappa shape index (κ1) is 12.7. The molecule has 1 atom stereocenters. The fraction of sp³-hybridized carbons (Fsp3) is 0.727. The van der Waals surface area contributed by atoms with Crippen molar-refractivity contribution in [2.45, 2.75) is 39.7 Å². The fourth-order valence-corrected chi connectivity index (χ4v) is 2.15. The van der Waals surface area contributed by atoms with Crippen molar-refractivity contribution < 1.29 is 0 Å². The molecule has 0 aliphatic heterocycles. The van der Waals surface area contributed by atoms with Gasteiger partial charge in [-0.15, -0.1) is 0 Å². The van der Waals surface area contributed by atoms with E-state index in [9.17, 15) is 0 Å². The van der Waals surface area contributed by atoms with Crippen LogP contribution in [0.2, 0.25) is 0 Å². The minimum absolute atomic E-state index is 0.496. The van der Waals surface area contributed by atoms with Crippen LogP contribution < -0.4 is 5.32 Å². The molecule has 0 aliphatic rings. The Morgan fingerprint density at radius 3 is 2.67 bits per heavy atom. The number of nitrogens with one attached hydrogen (secondary N) is 1. The summed E-state index contributed by atoms with van der Waals surface area (Å²) in [4.78, 5) is 0. The molecule has 4 heteroatoms. The van der Waals surface area contributed by atoms with Gasteiger partial charge >= 0.3 is 0 Å². The summed E-state index contributed by atoms with van der Waals surface area (Å²) >= 11 is 3.59. The van der Waals surface area contributed by atoms with E-state index in [4.69, 9.17) is 0 Å². The maximum atomic E-state index is 4.39. The van der Waals surface area contributed by atoms with Crippen LogP contribution in [-0.2, 0) is 13.5 Å². The Labute approximate surface area is 100 Å². The molecule has 1 N–H and O–H groups in total. The monoisotopic (exact) mass is 273 g/mol. The maximum Gasteiger partial charge on any atom is 0.0738 e. The number of rotatable bonds is 5. The van der Waals surface area contributed by atoms with Gasteiger partial charge in [0.15, 0.2) is 0 Å². The molecular weight excluding hydrogens is 254 g/mol. The third-order valence-corrected chi connectivity index (χ3v) is 3.54. The predicted octanol–water partition coefficient (Wildman–Crippen LogP) is 2.42. The van der Waals surface area contributed by atoms with E-state index >= 15 is 0 Å². The van der Waals surface area contributed by atoms with Crippen LogP contribution >= 0.6 is 15.9 Å². The molecule has 3 nitrogen and oxygen atoms in total. The molecule has 1 aromatic heterocycles. The summed E-state index contributed by atoms with van der Waals surface area (Å²) in [6, 6.07) is 0.496. The summed E-state index contributed by atoms with van der Waals surface area (Å²) < 4.78 is 3.11. The summed E-state index contributed by atoms with van der Waals surface area (Å²) in [5.41, 5.74) is 2.33. The Morgan fingerprint density at radius 1 is 1.53 bits per heavy atom. The standard InChI is InChI=1S/C11H20BrN3/c1-5-6-13-8(2)7-10-11(12)9(3)14-15(10)4/h8,13H,5-7H2,1-4H3. The largest absolute Gasteiger partial charge is 0.314 e. The van der Waals surface area contributed by atoms with E-state index in [1.165, 1.54) is 12.1 Å². The minimum Gasteiger partial charge on any atom is -0.314 e. The molecule has 1 aromatic rings. The molecule has 1 heterocycles. The zero-order chi connectivity index (χ0) is 11.4. The summed E-state index contributed by atoms with van der Waals surface area (Å²) in [5.74, 6) is 0. The van der Waals surface area contributed by atoms with Crippen molar-refractivity contribution in [3.63, 3.8) is 0 Å². The fourth-order valence-electron chi connectivity index (χ4n) is 1.65. The van der Waals surface area contributed by atoms with Crippen molar-refractivity contribution in [3.8, 4) is 0 Å². The Bertz CT molecular complexity index is 320. The Morgan fingerprint density at radius 2 is 2.20 bits per heavy atom. The number of nitrogens with zero attached hydrogens (tertiary/aromatic N) is 2. The van der Waals surface area contributed by atoms with E-state index in [0.29, 0.717) is 6.04 Å². The van der Waals surface area contributed by atoms with Gasteiger partial charge in [0.1, 0.15) is 0 Å². The number of aryl methyl sites for hydroxylation is 2. The molecule has 86 valence electrons. The number of hydrogen-bond donors (Lipinski definition) is 1. The van der Waals surface area contributed by atoms with Crippen LogP contribution in [0.25, 0.3) is 0 Å². The molecule has 0 spiro atoms. The molecule has 0 aliphatic carbocycles. The molecule has 1 rings (SSSR count). The van der Waals surface area contributed by atoms with E-state index in [1.54, 1.807) is 0 Å². The maximum absolute atomic E-state index is 4.39. The van der Waals surface area contributed by atoms with Crippen molar-refractivity contribution in [1.29, 1.82) is 0 Å². The molecule has 1 unspecified atom stereocenters. The zero-order valence-corrected chi connectivity index (χ0v) is 11.6. The topological polar surface area (TPSA) is 29.9 Å². The van der Waals surface area contributed by atoms with Gasteiger partial charge < -0.3 is 5.32 Å². The second kappa shape index (κ2) is 5.66. The average molecular weight is 274 g/mol. The van der Waals surface area contributed by atoms with Crippen molar-refractivity contribution in [1.82, 2.24) is 15.1 Å². The molecule has 0 amide bonds. The van der Waals surface area contributed by atoms with Gasteiger partial charge in [-0.05, 0) is 42.7 Å². The lowest BCUT2D eigenvalue weighted by atomic mass is 10.1. The van der Waals surface area contributed by atoms with Crippen LogP contribution in [0.5, 0.6) is 0 Å². The van der Waals surface area contributed by atoms with E-state index in [2.05, 4.69) is 40.2 Å². The van der Waals surface area contributed by atoms with Gasteiger partial charge in [-0.1, -0.05) is 6.92 Å². The molecule has 0 saturated carbocycles. The highest BCUT2D eigenvalue weighted by Crippen LogP contribution is 2.21. The predicted molar refractivity (Wildman–Crippen MR) is 67.1 cm³/mol. The van der Waals surface area contributed by atoms with Gasteiger partial charge in [0.2, 0.25) is 0 Å².